The molecule has 2 aliphatic heterocycles. The van der Waals surface area contributed by atoms with E-state index in [1.165, 1.54) is 22.5 Å². The molecule has 1 N–H and O–H groups in total. The second-order valence-corrected chi connectivity index (χ2v) is 12.7. The van der Waals surface area contributed by atoms with Crippen LogP contribution in [0.2, 0.25) is 0 Å². The lowest BCUT2D eigenvalue weighted by Gasteiger charge is -2.27. The van der Waals surface area contributed by atoms with Crippen LogP contribution in [0.25, 0.3) is 23.0 Å². The zero-order valence-electron chi connectivity index (χ0n) is 23.9. The Hall–Kier alpha value is -3.74. The highest BCUT2D eigenvalue weighted by molar-refractivity contribution is 8.18. The van der Waals surface area contributed by atoms with Gasteiger partial charge in [-0.25, -0.2) is 13.1 Å². The fourth-order valence-electron chi connectivity index (χ4n) is 4.71. The van der Waals surface area contributed by atoms with Crippen LogP contribution in [0.5, 0.6) is 0 Å². The van der Waals surface area contributed by atoms with Crippen molar-refractivity contribution < 1.29 is 23.1 Å². The number of amides is 1. The van der Waals surface area contributed by atoms with Gasteiger partial charge in [0.2, 0.25) is 10.0 Å². The maximum atomic E-state index is 13.2. The third kappa shape index (κ3) is 7.36. The summed E-state index contributed by atoms with van der Waals surface area (Å²) in [7, 11) is -3.64. The molecular formula is C30H35N5O5S2. The number of piperidine rings is 1. The van der Waals surface area contributed by atoms with Crippen molar-refractivity contribution in [2.45, 2.75) is 44.9 Å². The van der Waals surface area contributed by atoms with Crippen molar-refractivity contribution in [2.24, 2.45) is 4.99 Å². The molecule has 10 nitrogen and oxygen atoms in total. The van der Waals surface area contributed by atoms with Gasteiger partial charge in [-0.15, -0.1) is 0 Å². The molecule has 1 fully saturated rings. The highest BCUT2D eigenvalue weighted by Gasteiger charge is 2.28. The quantitative estimate of drug-likeness (QED) is 0.366. The van der Waals surface area contributed by atoms with Gasteiger partial charge in [0, 0.05) is 50.4 Å². The van der Waals surface area contributed by atoms with Crippen LogP contribution in [-0.4, -0.2) is 75.7 Å². The van der Waals surface area contributed by atoms with Crippen molar-refractivity contribution in [3.05, 3.63) is 71.3 Å². The monoisotopic (exact) mass is 609 g/mol. The molecule has 0 unspecified atom stereocenters. The zero-order chi connectivity index (χ0) is 30.3. The fourth-order valence-corrected chi connectivity index (χ4v) is 7.17. The molecule has 5 rings (SSSR count). The summed E-state index contributed by atoms with van der Waals surface area (Å²) in [6.45, 7) is 7.35. The summed E-state index contributed by atoms with van der Waals surface area (Å²) in [5.41, 5.74) is 2.84. The van der Waals surface area contributed by atoms with E-state index in [1.807, 2.05) is 62.5 Å². The highest BCUT2D eigenvalue weighted by Crippen LogP contribution is 2.34. The SMILES string of the molecule is CC(=O)O.CCN(CC)S(=O)(=O)c1cccc(-c2nn(-c3ccccc3)cc2/C=C2\SC(N3CCCCC3)=NC2=O)c1. The van der Waals surface area contributed by atoms with Crippen LogP contribution in [0.4, 0.5) is 0 Å². The van der Waals surface area contributed by atoms with E-state index in [4.69, 9.17) is 15.0 Å². The summed E-state index contributed by atoms with van der Waals surface area (Å²) in [5, 5.41) is 13.0. The van der Waals surface area contributed by atoms with E-state index in [2.05, 4.69) is 9.89 Å². The number of hydrogen-bond acceptors (Lipinski definition) is 7. The number of sulfonamides is 1. The minimum absolute atomic E-state index is 0.216. The molecule has 1 aromatic heterocycles. The van der Waals surface area contributed by atoms with E-state index in [0.717, 1.165) is 49.3 Å². The number of benzene rings is 2. The molecule has 222 valence electrons. The molecule has 1 amide bonds. The molecule has 0 atom stereocenters. The summed E-state index contributed by atoms with van der Waals surface area (Å²) >= 11 is 1.39. The molecule has 0 radical (unpaired) electrons. The van der Waals surface area contributed by atoms with Crippen LogP contribution in [0, 0.1) is 0 Å². The van der Waals surface area contributed by atoms with E-state index >= 15 is 0 Å². The predicted molar refractivity (Wildman–Crippen MR) is 166 cm³/mol. The second-order valence-electron chi connectivity index (χ2n) is 9.71. The Morgan fingerprint density at radius 1 is 1.05 bits per heavy atom. The first kappa shape index (κ1) is 31.2. The van der Waals surface area contributed by atoms with E-state index in [0.29, 0.717) is 29.3 Å². The number of amidine groups is 1. The van der Waals surface area contributed by atoms with Gasteiger partial charge in [0.1, 0.15) is 5.69 Å². The first-order valence-corrected chi connectivity index (χ1v) is 16.1. The Labute approximate surface area is 250 Å². The number of rotatable bonds is 7. The van der Waals surface area contributed by atoms with Gasteiger partial charge in [0.05, 0.1) is 15.5 Å². The van der Waals surface area contributed by atoms with Gasteiger partial charge < -0.3 is 10.0 Å². The van der Waals surface area contributed by atoms with Gasteiger partial charge in [0.15, 0.2) is 5.17 Å². The normalized spacial score (nSPS) is 16.4. The number of carbonyl (C=O) groups is 2. The van der Waals surface area contributed by atoms with Gasteiger partial charge in [-0.1, -0.05) is 44.2 Å². The van der Waals surface area contributed by atoms with Crippen molar-refractivity contribution in [3.8, 4) is 16.9 Å². The van der Waals surface area contributed by atoms with Gasteiger partial charge >= 0.3 is 0 Å². The minimum Gasteiger partial charge on any atom is -0.481 e. The first-order valence-electron chi connectivity index (χ1n) is 13.9. The number of aliphatic imine (C=N–C) groups is 1. The molecule has 1 saturated heterocycles. The molecule has 0 spiro atoms. The summed E-state index contributed by atoms with van der Waals surface area (Å²) in [4.78, 5) is 29.1. The van der Waals surface area contributed by atoms with Crippen LogP contribution >= 0.6 is 11.8 Å². The number of nitrogens with zero attached hydrogens (tertiary/aromatic N) is 5. The van der Waals surface area contributed by atoms with Crippen LogP contribution in [0.3, 0.4) is 0 Å². The number of carboxylic acid groups (broad SMARTS) is 1. The largest absolute Gasteiger partial charge is 0.481 e. The Morgan fingerprint density at radius 3 is 2.36 bits per heavy atom. The van der Waals surface area contributed by atoms with E-state index < -0.39 is 16.0 Å². The lowest BCUT2D eigenvalue weighted by molar-refractivity contribution is -0.134. The molecule has 3 heterocycles. The molecule has 0 aliphatic carbocycles. The van der Waals surface area contributed by atoms with Crippen molar-refractivity contribution in [3.63, 3.8) is 0 Å². The van der Waals surface area contributed by atoms with E-state index in [1.54, 1.807) is 22.9 Å². The summed E-state index contributed by atoms with van der Waals surface area (Å²) in [6, 6.07) is 16.5. The molecule has 12 heteroatoms. The van der Waals surface area contributed by atoms with Crippen LogP contribution < -0.4 is 0 Å². The van der Waals surface area contributed by atoms with Crippen molar-refractivity contribution in [1.29, 1.82) is 0 Å². The summed E-state index contributed by atoms with van der Waals surface area (Å²) < 4.78 is 29.6. The van der Waals surface area contributed by atoms with Crippen LogP contribution in [0.15, 0.2) is 75.6 Å². The Morgan fingerprint density at radius 2 is 1.71 bits per heavy atom. The number of likely N-dealkylation sites (tertiary alicyclic amines) is 1. The Balaban J connectivity index is 0.000000952. The van der Waals surface area contributed by atoms with Crippen molar-refractivity contribution in [1.82, 2.24) is 19.0 Å². The molecule has 3 aromatic rings. The number of hydrogen-bond donors (Lipinski definition) is 1. The molecule has 42 heavy (non-hydrogen) atoms. The average Bonchev–Trinajstić information content (AvgIpc) is 3.58. The summed E-state index contributed by atoms with van der Waals surface area (Å²) in [5.74, 6) is -1.09. The van der Waals surface area contributed by atoms with E-state index in [-0.39, 0.29) is 10.8 Å². The smallest absolute Gasteiger partial charge is 0.300 e. The maximum absolute atomic E-state index is 13.2. The number of thioether (sulfide) groups is 1. The highest BCUT2D eigenvalue weighted by atomic mass is 32.2. The van der Waals surface area contributed by atoms with Gasteiger partial charge in [0.25, 0.3) is 11.9 Å². The number of aromatic nitrogens is 2. The van der Waals surface area contributed by atoms with Crippen LogP contribution in [0.1, 0.15) is 45.6 Å². The molecular weight excluding hydrogens is 574 g/mol. The van der Waals surface area contributed by atoms with Crippen molar-refractivity contribution >= 4 is 44.9 Å². The molecule has 0 saturated carbocycles. The molecule has 2 aromatic carbocycles. The summed E-state index contributed by atoms with van der Waals surface area (Å²) in [6.07, 6.45) is 7.11. The number of carboxylic acids is 1. The standard InChI is InChI=1S/C28H31N5O3S2.C2H4O2/c1-3-32(4-2)38(35,36)24-15-11-12-21(18-24)26-22(20-33(30-26)23-13-7-5-8-14-23)19-25-27(34)29-28(37-25)31-16-9-6-10-17-31;1-2(3)4/h5,7-8,11-15,18-20H,3-4,6,9-10,16-17H2,1-2H3;1H3,(H,3,4)/b25-19-;. The van der Waals surface area contributed by atoms with Crippen molar-refractivity contribution in [2.75, 3.05) is 26.2 Å². The van der Waals surface area contributed by atoms with Crippen LogP contribution in [-0.2, 0) is 19.6 Å². The lowest BCUT2D eigenvalue weighted by atomic mass is 10.1. The van der Waals surface area contributed by atoms with Gasteiger partial charge in [-0.2, -0.15) is 14.4 Å². The second kappa shape index (κ2) is 14.0. The minimum atomic E-state index is -3.64. The number of aliphatic carboxylic acids is 1. The lowest BCUT2D eigenvalue weighted by Crippen LogP contribution is -2.33. The van der Waals surface area contributed by atoms with Gasteiger partial charge in [-0.3, -0.25) is 9.59 Å². The average molecular weight is 610 g/mol. The maximum Gasteiger partial charge on any atom is 0.300 e. The molecule has 2 aliphatic rings. The Bertz CT molecular complexity index is 1580. The topological polar surface area (TPSA) is 125 Å². The third-order valence-corrected chi connectivity index (χ3v) is 9.83. The number of carbonyl (C=O) groups excluding carboxylic acids is 1. The third-order valence-electron chi connectivity index (χ3n) is 6.74. The zero-order valence-corrected chi connectivity index (χ0v) is 25.6. The van der Waals surface area contributed by atoms with Gasteiger partial charge in [-0.05, 0) is 61.4 Å². The number of para-hydroxylation sites is 1. The first-order chi connectivity index (χ1) is 20.1. The molecule has 0 bridgehead atoms. The predicted octanol–water partition coefficient (Wildman–Crippen LogP) is 5.12. The van der Waals surface area contributed by atoms with E-state index in [9.17, 15) is 13.2 Å². The fraction of sp³-hybridized carbons (Fsp3) is 0.333. The Kier molecular flexibility index (Phi) is 10.4.